The van der Waals surface area contributed by atoms with Crippen LogP contribution >= 0.6 is 0 Å². The third kappa shape index (κ3) is 9.59. The summed E-state index contributed by atoms with van der Waals surface area (Å²) in [5, 5.41) is 17.4. The largest absolute Gasteiger partial charge is 0.481 e. The summed E-state index contributed by atoms with van der Waals surface area (Å²) < 4.78 is 113. The number of carbonyl (C=O) groups is 2. The quantitative estimate of drug-likeness (QED) is 0.156. The van der Waals surface area contributed by atoms with Crippen LogP contribution in [0, 0.1) is 37.1 Å². The Morgan fingerprint density at radius 3 is 1.52 bits per heavy atom. The number of carboxylic acid groups (broad SMARTS) is 2. The normalized spacial score (nSPS) is 11.4. The van der Waals surface area contributed by atoms with Crippen LogP contribution in [0.3, 0.4) is 0 Å². The molecule has 0 bridgehead atoms. The Kier molecular flexibility index (Phi) is 12.8. The molecule has 0 aliphatic carbocycles. The molecule has 50 heavy (non-hydrogen) atoms. The third-order valence-corrected chi connectivity index (χ3v) is 10.6. The average Bonchev–Trinajstić information content (AvgIpc) is 3.04. The molecule has 268 valence electrons. The van der Waals surface area contributed by atoms with Crippen LogP contribution in [0.2, 0.25) is 0 Å². The highest BCUT2D eigenvalue weighted by Gasteiger charge is 2.20. The van der Waals surface area contributed by atoms with Gasteiger partial charge in [-0.2, -0.15) is 0 Å². The highest BCUT2D eigenvalue weighted by molar-refractivity contribution is 7.91. The van der Waals surface area contributed by atoms with E-state index in [4.69, 9.17) is 19.7 Å². The summed E-state index contributed by atoms with van der Waals surface area (Å²) in [4.78, 5) is 21.5. The highest BCUT2D eigenvalue weighted by atomic mass is 32.2. The molecular weight excluding hydrogens is 708 g/mol. The summed E-state index contributed by atoms with van der Waals surface area (Å²) in [5.74, 6) is -7.46. The Balaban J connectivity index is 0.000000270. The molecule has 4 aromatic rings. The molecule has 2 N–H and O–H groups in total. The number of benzene rings is 4. The summed E-state index contributed by atoms with van der Waals surface area (Å²) >= 11 is 0. The van der Waals surface area contributed by atoms with Crippen LogP contribution in [-0.2, 0) is 29.3 Å². The number of ether oxygens (including phenoxy) is 2. The molecule has 0 atom stereocenters. The van der Waals surface area contributed by atoms with Crippen LogP contribution in [0.4, 0.5) is 17.6 Å². The van der Waals surface area contributed by atoms with Gasteiger partial charge in [0.2, 0.25) is 0 Å². The summed E-state index contributed by atoms with van der Waals surface area (Å²) in [7, 11) is -6.83. The SMILES string of the molecule is CCS(=O)(=O)c1ccc(-c2cc(F)c(F)cc2OCC(=O)O)c(C)c1.CCS(=O)(=O)c1ccc(-c2cc(F)cc(F)c2OCC(=O)O)c(C)c1. The number of aryl methyl sites for hydroxylation is 2. The predicted molar refractivity (Wildman–Crippen MR) is 175 cm³/mol. The average molecular weight is 741 g/mol. The molecule has 0 heterocycles. The third-order valence-electron chi connectivity index (χ3n) is 7.18. The minimum Gasteiger partial charge on any atom is -0.481 e. The number of rotatable bonds is 12. The van der Waals surface area contributed by atoms with Gasteiger partial charge in [-0.3, -0.25) is 0 Å². The van der Waals surface area contributed by atoms with Crippen LogP contribution in [0.25, 0.3) is 22.3 Å². The van der Waals surface area contributed by atoms with Crippen LogP contribution in [0.5, 0.6) is 11.5 Å². The summed E-state index contributed by atoms with van der Waals surface area (Å²) in [6, 6.07) is 11.7. The zero-order chi connectivity index (χ0) is 37.6. The molecule has 0 saturated heterocycles. The first-order chi connectivity index (χ1) is 23.3. The first-order valence-electron chi connectivity index (χ1n) is 14.7. The lowest BCUT2D eigenvalue weighted by Crippen LogP contribution is -2.11. The van der Waals surface area contributed by atoms with Gasteiger partial charge in [0.1, 0.15) is 11.6 Å². The van der Waals surface area contributed by atoms with E-state index in [1.807, 2.05) is 0 Å². The van der Waals surface area contributed by atoms with E-state index in [2.05, 4.69) is 0 Å². The lowest BCUT2D eigenvalue weighted by molar-refractivity contribution is -0.140. The molecule has 0 amide bonds. The summed E-state index contributed by atoms with van der Waals surface area (Å²) in [6.45, 7) is 4.72. The maximum absolute atomic E-state index is 14.0. The zero-order valence-electron chi connectivity index (χ0n) is 27.1. The molecule has 0 fully saturated rings. The fraction of sp³-hybridized carbons (Fsp3) is 0.235. The van der Waals surface area contributed by atoms with Crippen molar-refractivity contribution in [1.82, 2.24) is 0 Å². The van der Waals surface area contributed by atoms with Gasteiger partial charge >= 0.3 is 11.9 Å². The minimum atomic E-state index is -3.42. The molecule has 0 saturated carbocycles. The number of hydrogen-bond acceptors (Lipinski definition) is 8. The lowest BCUT2D eigenvalue weighted by Gasteiger charge is -2.14. The number of hydrogen-bond donors (Lipinski definition) is 2. The predicted octanol–water partition coefficient (Wildman–Crippen LogP) is 6.39. The number of aliphatic carboxylic acids is 2. The van der Waals surface area contributed by atoms with Crippen LogP contribution in [0.15, 0.2) is 70.5 Å². The molecule has 10 nitrogen and oxygen atoms in total. The van der Waals surface area contributed by atoms with Gasteiger partial charge in [0.05, 0.1) is 21.3 Å². The lowest BCUT2D eigenvalue weighted by atomic mass is 9.99. The van der Waals surface area contributed by atoms with Gasteiger partial charge in [-0.05, 0) is 72.5 Å². The fourth-order valence-corrected chi connectivity index (χ4v) is 6.57. The summed E-state index contributed by atoms with van der Waals surface area (Å²) in [5.41, 5.74) is 1.86. The van der Waals surface area contributed by atoms with E-state index >= 15 is 0 Å². The maximum Gasteiger partial charge on any atom is 0.341 e. The van der Waals surface area contributed by atoms with Crippen LogP contribution in [-0.4, -0.2) is 63.7 Å². The topological polar surface area (TPSA) is 161 Å². The Morgan fingerprint density at radius 1 is 0.600 bits per heavy atom. The van der Waals surface area contributed by atoms with Gasteiger partial charge in [0.25, 0.3) is 0 Å². The first-order valence-corrected chi connectivity index (χ1v) is 18.0. The van der Waals surface area contributed by atoms with Crippen LogP contribution < -0.4 is 9.47 Å². The Labute approximate surface area is 285 Å². The van der Waals surface area contributed by atoms with Crippen molar-refractivity contribution in [3.05, 3.63) is 95.1 Å². The molecule has 0 aromatic heterocycles. The van der Waals surface area contributed by atoms with Crippen molar-refractivity contribution in [3.8, 4) is 33.8 Å². The standard InChI is InChI=1S/2C17H16F2O5S/c1-3-25(22,23)12-4-5-13(10(2)6-12)14-7-11(18)8-15(19)17(14)24-9-16(20)21;1-3-25(22,23)11-4-5-12(10(2)6-11)13-7-14(18)15(19)8-16(13)24-9-17(20)21/h2*4-8H,3,9H2,1-2H3,(H,20,21). The fourth-order valence-electron chi connectivity index (χ4n) is 4.64. The van der Waals surface area contributed by atoms with Crippen molar-refractivity contribution in [1.29, 1.82) is 0 Å². The molecule has 0 spiro atoms. The molecule has 0 unspecified atom stereocenters. The van der Waals surface area contributed by atoms with Gasteiger partial charge in [-0.25, -0.2) is 44.0 Å². The Morgan fingerprint density at radius 2 is 1.06 bits per heavy atom. The molecule has 16 heteroatoms. The smallest absolute Gasteiger partial charge is 0.341 e. The second-order valence-electron chi connectivity index (χ2n) is 10.7. The van der Waals surface area contributed by atoms with E-state index in [9.17, 15) is 44.0 Å². The minimum absolute atomic E-state index is 0.0108. The van der Waals surface area contributed by atoms with Crippen molar-refractivity contribution < 1.29 is 63.7 Å². The first kappa shape index (κ1) is 39.5. The van der Waals surface area contributed by atoms with E-state index < -0.39 is 73.8 Å². The number of halogens is 4. The zero-order valence-corrected chi connectivity index (χ0v) is 28.7. The van der Waals surface area contributed by atoms with Gasteiger partial charge in [0.15, 0.2) is 56.1 Å². The van der Waals surface area contributed by atoms with Gasteiger partial charge in [0, 0.05) is 23.3 Å². The van der Waals surface area contributed by atoms with E-state index in [-0.39, 0.29) is 38.2 Å². The second-order valence-corrected chi connectivity index (χ2v) is 15.2. The molecule has 0 aliphatic rings. The second kappa shape index (κ2) is 16.2. The highest BCUT2D eigenvalue weighted by Crippen LogP contribution is 2.37. The van der Waals surface area contributed by atoms with Gasteiger partial charge < -0.3 is 19.7 Å². The Bertz CT molecular complexity index is 2150. The summed E-state index contributed by atoms with van der Waals surface area (Å²) in [6.07, 6.45) is 0. The van der Waals surface area contributed by atoms with E-state index in [1.54, 1.807) is 13.8 Å². The Hall–Kier alpha value is -4.96. The van der Waals surface area contributed by atoms with E-state index in [1.165, 1.54) is 50.2 Å². The molecule has 0 aliphatic heterocycles. The molecule has 4 rings (SSSR count). The van der Waals surface area contributed by atoms with Crippen LogP contribution in [0.1, 0.15) is 25.0 Å². The van der Waals surface area contributed by atoms with Gasteiger partial charge in [-0.1, -0.05) is 26.0 Å². The van der Waals surface area contributed by atoms with Crippen molar-refractivity contribution in [2.45, 2.75) is 37.5 Å². The molecule has 4 aromatic carbocycles. The number of sulfone groups is 2. The molecule has 0 radical (unpaired) electrons. The van der Waals surface area contributed by atoms with E-state index in [0.717, 1.165) is 18.2 Å². The molecular formula is C34H32F4O10S2. The number of carboxylic acids is 2. The van der Waals surface area contributed by atoms with Crippen molar-refractivity contribution in [3.63, 3.8) is 0 Å². The van der Waals surface area contributed by atoms with Gasteiger partial charge in [-0.15, -0.1) is 0 Å². The maximum atomic E-state index is 14.0. The van der Waals surface area contributed by atoms with Crippen molar-refractivity contribution >= 4 is 31.6 Å². The van der Waals surface area contributed by atoms with E-state index in [0.29, 0.717) is 28.3 Å². The monoisotopic (exact) mass is 740 g/mol. The van der Waals surface area contributed by atoms with Crippen molar-refractivity contribution in [2.75, 3.05) is 24.7 Å². The van der Waals surface area contributed by atoms with Crippen molar-refractivity contribution in [2.24, 2.45) is 0 Å².